The second-order valence-corrected chi connectivity index (χ2v) is 6.12. The maximum Gasteiger partial charge on any atom is 0.263 e. The van der Waals surface area contributed by atoms with E-state index in [4.69, 9.17) is 9.47 Å². The standard InChI is InChI=1S/C18H14F2N4O4/c1-27-11-5-10(6-12(8-11)28-2)24-16-15(21-22-24)17(25)23(18(16)26)9-3-4-13(19)14(20)7-9/h3-8,15-16H,1-2H3. The first kappa shape index (κ1) is 17.8. The van der Waals surface area contributed by atoms with E-state index in [0.29, 0.717) is 17.2 Å². The van der Waals surface area contributed by atoms with Gasteiger partial charge in [0.25, 0.3) is 11.8 Å². The molecule has 2 aromatic carbocycles. The van der Waals surface area contributed by atoms with Gasteiger partial charge in [0.1, 0.15) is 11.5 Å². The molecule has 0 N–H and O–H groups in total. The van der Waals surface area contributed by atoms with Crippen LogP contribution in [0.4, 0.5) is 20.2 Å². The fraction of sp³-hybridized carbons (Fsp3) is 0.222. The quantitative estimate of drug-likeness (QED) is 0.752. The van der Waals surface area contributed by atoms with Crippen molar-refractivity contribution in [3.8, 4) is 11.5 Å². The number of hydrogen-bond acceptors (Lipinski definition) is 7. The number of methoxy groups -OCH3 is 2. The minimum absolute atomic E-state index is 0.0679. The Hall–Kier alpha value is -3.56. The molecule has 2 heterocycles. The predicted molar refractivity (Wildman–Crippen MR) is 93.3 cm³/mol. The molecule has 10 heteroatoms. The number of benzene rings is 2. The van der Waals surface area contributed by atoms with Crippen molar-refractivity contribution < 1.29 is 27.8 Å². The summed E-state index contributed by atoms with van der Waals surface area (Å²) in [5.74, 6) is -2.63. The van der Waals surface area contributed by atoms with Crippen LogP contribution in [-0.2, 0) is 9.59 Å². The Bertz CT molecular complexity index is 991. The lowest BCUT2D eigenvalue weighted by Gasteiger charge is -2.21. The topological polar surface area (TPSA) is 83.8 Å². The molecule has 0 aromatic heterocycles. The number of rotatable bonds is 4. The van der Waals surface area contributed by atoms with Crippen molar-refractivity contribution >= 4 is 23.2 Å². The molecule has 0 radical (unpaired) electrons. The Morgan fingerprint density at radius 1 is 0.893 bits per heavy atom. The molecule has 2 unspecified atom stereocenters. The van der Waals surface area contributed by atoms with Crippen molar-refractivity contribution in [1.82, 2.24) is 0 Å². The van der Waals surface area contributed by atoms with Crippen molar-refractivity contribution in [2.45, 2.75) is 12.1 Å². The molecule has 0 bridgehead atoms. The van der Waals surface area contributed by atoms with Crippen LogP contribution in [-0.4, -0.2) is 38.1 Å². The highest BCUT2D eigenvalue weighted by Crippen LogP contribution is 2.37. The monoisotopic (exact) mass is 388 g/mol. The van der Waals surface area contributed by atoms with E-state index in [9.17, 15) is 18.4 Å². The first-order chi connectivity index (χ1) is 13.4. The smallest absolute Gasteiger partial charge is 0.263 e. The van der Waals surface area contributed by atoms with Crippen molar-refractivity contribution in [3.05, 3.63) is 48.0 Å². The third kappa shape index (κ3) is 2.65. The van der Waals surface area contributed by atoms with E-state index in [0.717, 1.165) is 23.1 Å². The summed E-state index contributed by atoms with van der Waals surface area (Å²) in [5.41, 5.74) is 0.363. The van der Waals surface area contributed by atoms with Gasteiger partial charge < -0.3 is 9.47 Å². The number of carbonyl (C=O) groups excluding carboxylic acids is 2. The molecule has 8 nitrogen and oxygen atoms in total. The van der Waals surface area contributed by atoms with Gasteiger partial charge in [-0.3, -0.25) is 9.59 Å². The number of hydrogen-bond donors (Lipinski definition) is 0. The lowest BCUT2D eigenvalue weighted by Crippen LogP contribution is -2.40. The summed E-state index contributed by atoms with van der Waals surface area (Å²) < 4.78 is 37.2. The van der Waals surface area contributed by atoms with Crippen molar-refractivity contribution in [1.29, 1.82) is 0 Å². The summed E-state index contributed by atoms with van der Waals surface area (Å²) in [6.45, 7) is 0. The Labute approximate surface area is 157 Å². The van der Waals surface area contributed by atoms with E-state index in [1.54, 1.807) is 18.2 Å². The molecule has 2 atom stereocenters. The van der Waals surface area contributed by atoms with Crippen LogP contribution in [0.3, 0.4) is 0 Å². The number of ether oxygens (including phenoxy) is 2. The Morgan fingerprint density at radius 3 is 2.18 bits per heavy atom. The van der Waals surface area contributed by atoms with Gasteiger partial charge in [-0.05, 0) is 12.1 Å². The van der Waals surface area contributed by atoms with Gasteiger partial charge in [-0.25, -0.2) is 18.7 Å². The number of nitrogens with zero attached hydrogens (tertiary/aromatic N) is 4. The zero-order valence-electron chi connectivity index (χ0n) is 14.8. The first-order valence-electron chi connectivity index (χ1n) is 8.20. The number of imide groups is 1. The summed E-state index contributed by atoms with van der Waals surface area (Å²) in [4.78, 5) is 26.4. The van der Waals surface area contributed by atoms with E-state index in [2.05, 4.69) is 10.3 Å². The first-order valence-corrected chi connectivity index (χ1v) is 8.20. The van der Waals surface area contributed by atoms with Gasteiger partial charge in [0.2, 0.25) is 0 Å². The summed E-state index contributed by atoms with van der Waals surface area (Å²) in [7, 11) is 2.95. The number of carbonyl (C=O) groups is 2. The lowest BCUT2D eigenvalue weighted by atomic mass is 10.1. The number of anilines is 2. The molecule has 0 saturated carbocycles. The summed E-state index contributed by atoms with van der Waals surface area (Å²) in [5, 5.41) is 9.14. The second kappa shape index (κ2) is 6.55. The largest absolute Gasteiger partial charge is 0.497 e. The molecule has 1 fully saturated rings. The summed E-state index contributed by atoms with van der Waals surface area (Å²) in [6.07, 6.45) is 0. The average molecular weight is 388 g/mol. The highest BCUT2D eigenvalue weighted by Gasteiger charge is 2.55. The minimum Gasteiger partial charge on any atom is -0.497 e. The molecule has 2 amide bonds. The van der Waals surface area contributed by atoms with Gasteiger partial charge in [-0.15, -0.1) is 0 Å². The SMILES string of the molecule is COc1cc(OC)cc(N2N=NC3C(=O)N(c4ccc(F)c(F)c4)C(=O)C32)c1. The van der Waals surface area contributed by atoms with Gasteiger partial charge in [-0.1, -0.05) is 5.22 Å². The van der Waals surface area contributed by atoms with Crippen LogP contribution in [0.25, 0.3) is 0 Å². The molecular formula is C18H14F2N4O4. The van der Waals surface area contributed by atoms with Crippen LogP contribution >= 0.6 is 0 Å². The summed E-state index contributed by atoms with van der Waals surface area (Å²) in [6, 6.07) is 5.54. The third-order valence-electron chi connectivity index (χ3n) is 4.54. The van der Waals surface area contributed by atoms with Crippen molar-refractivity contribution in [2.75, 3.05) is 24.1 Å². The highest BCUT2D eigenvalue weighted by molar-refractivity contribution is 6.26. The normalized spacial score (nSPS) is 20.7. The lowest BCUT2D eigenvalue weighted by molar-refractivity contribution is -0.121. The fourth-order valence-electron chi connectivity index (χ4n) is 3.18. The van der Waals surface area contributed by atoms with E-state index in [1.807, 2.05) is 0 Å². The maximum absolute atomic E-state index is 13.6. The van der Waals surface area contributed by atoms with Gasteiger partial charge in [0.15, 0.2) is 23.7 Å². The van der Waals surface area contributed by atoms with Crippen molar-refractivity contribution in [2.24, 2.45) is 10.3 Å². The molecule has 28 heavy (non-hydrogen) atoms. The Morgan fingerprint density at radius 2 is 1.57 bits per heavy atom. The van der Waals surface area contributed by atoms with Crippen LogP contribution in [0.15, 0.2) is 46.7 Å². The molecule has 4 rings (SSSR count). The fourth-order valence-corrected chi connectivity index (χ4v) is 3.18. The molecule has 2 aromatic rings. The molecular weight excluding hydrogens is 374 g/mol. The highest BCUT2D eigenvalue weighted by atomic mass is 19.2. The van der Waals surface area contributed by atoms with E-state index < -0.39 is 35.5 Å². The average Bonchev–Trinajstić information content (AvgIpc) is 3.24. The zero-order chi connectivity index (χ0) is 20.0. The number of fused-ring (bicyclic) bond motifs is 1. The second-order valence-electron chi connectivity index (χ2n) is 6.12. The van der Waals surface area contributed by atoms with Crippen molar-refractivity contribution in [3.63, 3.8) is 0 Å². The van der Waals surface area contributed by atoms with Crippen LogP contribution in [0, 0.1) is 11.6 Å². The Kier molecular flexibility index (Phi) is 4.17. The van der Waals surface area contributed by atoms with E-state index >= 15 is 0 Å². The van der Waals surface area contributed by atoms with Crippen LogP contribution in [0.5, 0.6) is 11.5 Å². The van der Waals surface area contributed by atoms with Gasteiger partial charge in [0, 0.05) is 24.3 Å². The molecule has 2 aliphatic rings. The Balaban J connectivity index is 1.71. The zero-order valence-corrected chi connectivity index (χ0v) is 14.8. The molecule has 0 aliphatic carbocycles. The number of amides is 2. The van der Waals surface area contributed by atoms with Crippen LogP contribution in [0.2, 0.25) is 0 Å². The van der Waals surface area contributed by atoms with Gasteiger partial charge >= 0.3 is 0 Å². The van der Waals surface area contributed by atoms with Gasteiger partial charge in [-0.2, -0.15) is 5.11 Å². The molecule has 144 valence electrons. The van der Waals surface area contributed by atoms with E-state index in [-0.39, 0.29) is 5.69 Å². The van der Waals surface area contributed by atoms with Gasteiger partial charge in [0.05, 0.1) is 25.6 Å². The third-order valence-corrected chi connectivity index (χ3v) is 4.54. The van der Waals surface area contributed by atoms with E-state index in [1.165, 1.54) is 19.2 Å². The van der Waals surface area contributed by atoms with Crippen LogP contribution in [0.1, 0.15) is 0 Å². The molecule has 2 aliphatic heterocycles. The molecule has 1 saturated heterocycles. The predicted octanol–water partition coefficient (Wildman–Crippen LogP) is 2.48. The maximum atomic E-state index is 13.6. The number of halogens is 2. The summed E-state index contributed by atoms with van der Waals surface area (Å²) >= 11 is 0. The van der Waals surface area contributed by atoms with Crippen LogP contribution < -0.4 is 19.4 Å². The minimum atomic E-state index is -1.16. The molecule has 0 spiro atoms.